The number of carbonyl (C=O) groups excluding carboxylic acids is 1. The van der Waals surface area contributed by atoms with Gasteiger partial charge in [0.2, 0.25) is 0 Å². The number of hydrogen-bond acceptors (Lipinski definition) is 3. The van der Waals surface area contributed by atoms with Crippen LogP contribution in [0.2, 0.25) is 0 Å². The summed E-state index contributed by atoms with van der Waals surface area (Å²) in [5, 5.41) is 0.873. The second kappa shape index (κ2) is 6.14. The summed E-state index contributed by atoms with van der Waals surface area (Å²) < 4.78 is 1.04. The standard InChI is InChI=1S/C15H15BrN2OS/c16-12-6-4-11(5-7-12)10-13-14(19)17-15(20-13)18-8-2-1-3-9-18/h4-7,10H,1-3,8-9H2/b13-10+. The number of amidine groups is 1. The molecule has 20 heavy (non-hydrogen) atoms. The summed E-state index contributed by atoms with van der Waals surface area (Å²) in [5.74, 6) is -0.113. The van der Waals surface area contributed by atoms with E-state index in [1.807, 2.05) is 30.3 Å². The predicted octanol–water partition coefficient (Wildman–Crippen LogP) is 3.91. The zero-order chi connectivity index (χ0) is 13.9. The number of piperidine rings is 1. The zero-order valence-electron chi connectivity index (χ0n) is 11.0. The molecular weight excluding hydrogens is 336 g/mol. The van der Waals surface area contributed by atoms with Crippen LogP contribution >= 0.6 is 27.7 Å². The van der Waals surface area contributed by atoms with Gasteiger partial charge in [0, 0.05) is 17.6 Å². The number of benzene rings is 1. The van der Waals surface area contributed by atoms with Crippen LogP contribution in [0, 0.1) is 0 Å². The van der Waals surface area contributed by atoms with Gasteiger partial charge in [-0.1, -0.05) is 28.1 Å². The minimum atomic E-state index is -0.113. The van der Waals surface area contributed by atoms with Crippen LogP contribution in [0.25, 0.3) is 6.08 Å². The van der Waals surface area contributed by atoms with E-state index in [1.165, 1.54) is 31.0 Å². The minimum absolute atomic E-state index is 0.113. The quantitative estimate of drug-likeness (QED) is 0.720. The van der Waals surface area contributed by atoms with Crippen molar-refractivity contribution in [3.63, 3.8) is 0 Å². The summed E-state index contributed by atoms with van der Waals surface area (Å²) >= 11 is 4.91. The van der Waals surface area contributed by atoms with Gasteiger partial charge in [0.25, 0.3) is 5.91 Å². The molecule has 3 nitrogen and oxygen atoms in total. The number of amides is 1. The first-order valence-electron chi connectivity index (χ1n) is 6.75. The average Bonchev–Trinajstić information content (AvgIpc) is 2.84. The van der Waals surface area contributed by atoms with Gasteiger partial charge in [-0.25, -0.2) is 0 Å². The Balaban J connectivity index is 1.74. The van der Waals surface area contributed by atoms with Gasteiger partial charge < -0.3 is 4.90 Å². The Morgan fingerprint density at radius 1 is 1.15 bits per heavy atom. The Morgan fingerprint density at radius 3 is 2.55 bits per heavy atom. The molecule has 0 bridgehead atoms. The van der Waals surface area contributed by atoms with Gasteiger partial charge in [0.15, 0.2) is 5.17 Å². The van der Waals surface area contributed by atoms with E-state index in [2.05, 4.69) is 25.8 Å². The van der Waals surface area contributed by atoms with Crippen LogP contribution in [0.1, 0.15) is 24.8 Å². The fraction of sp³-hybridized carbons (Fsp3) is 0.333. The van der Waals surface area contributed by atoms with Crippen molar-refractivity contribution in [2.24, 2.45) is 4.99 Å². The first-order valence-corrected chi connectivity index (χ1v) is 8.36. The average molecular weight is 351 g/mol. The van der Waals surface area contributed by atoms with Gasteiger partial charge in [-0.3, -0.25) is 4.79 Å². The van der Waals surface area contributed by atoms with E-state index in [1.54, 1.807) is 0 Å². The monoisotopic (exact) mass is 350 g/mol. The van der Waals surface area contributed by atoms with Crippen molar-refractivity contribution in [2.75, 3.05) is 13.1 Å². The number of hydrogen-bond donors (Lipinski definition) is 0. The maximum atomic E-state index is 12.0. The maximum Gasteiger partial charge on any atom is 0.286 e. The van der Waals surface area contributed by atoms with Crippen molar-refractivity contribution in [3.05, 3.63) is 39.2 Å². The third-order valence-corrected chi connectivity index (χ3v) is 4.98. The van der Waals surface area contributed by atoms with Gasteiger partial charge in [0.1, 0.15) is 0 Å². The molecule has 0 saturated carbocycles. The first kappa shape index (κ1) is 13.9. The molecule has 104 valence electrons. The van der Waals surface area contributed by atoms with Crippen LogP contribution in [0.4, 0.5) is 0 Å². The molecule has 1 aromatic rings. The molecule has 0 aliphatic carbocycles. The van der Waals surface area contributed by atoms with E-state index < -0.39 is 0 Å². The summed E-state index contributed by atoms with van der Waals surface area (Å²) in [5.41, 5.74) is 1.03. The van der Waals surface area contributed by atoms with Gasteiger partial charge in [0.05, 0.1) is 4.91 Å². The molecule has 1 aromatic carbocycles. The van der Waals surface area contributed by atoms with Gasteiger partial charge in [-0.15, -0.1) is 0 Å². The summed E-state index contributed by atoms with van der Waals surface area (Å²) in [4.78, 5) is 19.1. The molecule has 0 atom stereocenters. The van der Waals surface area contributed by atoms with Crippen molar-refractivity contribution in [1.29, 1.82) is 0 Å². The predicted molar refractivity (Wildman–Crippen MR) is 87.6 cm³/mol. The van der Waals surface area contributed by atoms with Crippen molar-refractivity contribution in [1.82, 2.24) is 4.90 Å². The highest BCUT2D eigenvalue weighted by Gasteiger charge is 2.26. The van der Waals surface area contributed by atoms with E-state index in [4.69, 9.17) is 0 Å². The first-order chi connectivity index (χ1) is 9.72. The van der Waals surface area contributed by atoms with E-state index >= 15 is 0 Å². The fourth-order valence-corrected chi connectivity index (χ4v) is 3.56. The molecule has 0 unspecified atom stereocenters. The molecule has 0 spiro atoms. The lowest BCUT2D eigenvalue weighted by Gasteiger charge is -2.27. The Kier molecular flexibility index (Phi) is 4.27. The lowest BCUT2D eigenvalue weighted by molar-refractivity contribution is -0.113. The van der Waals surface area contributed by atoms with Crippen LogP contribution in [-0.2, 0) is 4.79 Å². The Hall–Kier alpha value is -1.07. The molecule has 2 heterocycles. The Morgan fingerprint density at radius 2 is 1.85 bits per heavy atom. The lowest BCUT2D eigenvalue weighted by atomic mass is 10.1. The third-order valence-electron chi connectivity index (χ3n) is 3.40. The minimum Gasteiger partial charge on any atom is -0.351 e. The van der Waals surface area contributed by atoms with E-state index in [0.29, 0.717) is 4.91 Å². The molecule has 1 fully saturated rings. The largest absolute Gasteiger partial charge is 0.351 e. The van der Waals surface area contributed by atoms with E-state index in [0.717, 1.165) is 28.3 Å². The topological polar surface area (TPSA) is 32.7 Å². The Labute approximate surface area is 131 Å². The maximum absolute atomic E-state index is 12.0. The smallest absolute Gasteiger partial charge is 0.286 e. The third kappa shape index (κ3) is 3.15. The number of thioether (sulfide) groups is 1. The Bertz CT molecular complexity index is 574. The molecule has 1 saturated heterocycles. The number of nitrogens with zero attached hydrogens (tertiary/aromatic N) is 2. The molecule has 3 rings (SSSR count). The van der Waals surface area contributed by atoms with Gasteiger partial charge in [-0.05, 0) is 54.8 Å². The number of likely N-dealkylation sites (tertiary alicyclic amines) is 1. The zero-order valence-corrected chi connectivity index (χ0v) is 13.4. The SMILES string of the molecule is O=C1N=C(N2CCCCC2)S/C1=C/c1ccc(Br)cc1. The van der Waals surface area contributed by atoms with Crippen molar-refractivity contribution < 1.29 is 4.79 Å². The molecule has 0 aromatic heterocycles. The number of carbonyl (C=O) groups is 1. The fourth-order valence-electron chi connectivity index (χ4n) is 2.33. The van der Waals surface area contributed by atoms with Crippen LogP contribution in [-0.4, -0.2) is 29.1 Å². The number of halogens is 1. The second-order valence-corrected chi connectivity index (χ2v) is 6.83. The highest BCUT2D eigenvalue weighted by molar-refractivity contribution is 9.10. The summed E-state index contributed by atoms with van der Waals surface area (Å²) in [6, 6.07) is 7.93. The van der Waals surface area contributed by atoms with E-state index in [-0.39, 0.29) is 5.91 Å². The molecule has 5 heteroatoms. The van der Waals surface area contributed by atoms with Crippen molar-refractivity contribution in [3.8, 4) is 0 Å². The van der Waals surface area contributed by atoms with Crippen LogP contribution in [0.3, 0.4) is 0 Å². The van der Waals surface area contributed by atoms with Gasteiger partial charge in [-0.2, -0.15) is 4.99 Å². The van der Waals surface area contributed by atoms with Crippen LogP contribution in [0.15, 0.2) is 38.6 Å². The molecule has 1 amide bonds. The molecule has 0 radical (unpaired) electrons. The number of aliphatic imine (C=N–C) groups is 1. The van der Waals surface area contributed by atoms with E-state index in [9.17, 15) is 4.79 Å². The summed E-state index contributed by atoms with van der Waals surface area (Å²) in [7, 11) is 0. The molecular formula is C15H15BrN2OS. The van der Waals surface area contributed by atoms with Crippen molar-refractivity contribution in [2.45, 2.75) is 19.3 Å². The normalized spacial score (nSPS) is 21.4. The number of rotatable bonds is 1. The molecule has 2 aliphatic heterocycles. The molecule has 2 aliphatic rings. The molecule has 0 N–H and O–H groups in total. The summed E-state index contributed by atoms with van der Waals surface area (Å²) in [6.07, 6.45) is 5.59. The van der Waals surface area contributed by atoms with Crippen molar-refractivity contribution >= 4 is 44.8 Å². The highest BCUT2D eigenvalue weighted by atomic mass is 79.9. The van der Waals surface area contributed by atoms with Gasteiger partial charge >= 0.3 is 0 Å². The summed E-state index contributed by atoms with van der Waals surface area (Å²) in [6.45, 7) is 2.04. The van der Waals surface area contributed by atoms with Crippen LogP contribution in [0.5, 0.6) is 0 Å². The lowest BCUT2D eigenvalue weighted by Crippen LogP contribution is -2.33. The highest BCUT2D eigenvalue weighted by Crippen LogP contribution is 2.31. The second-order valence-electron chi connectivity index (χ2n) is 4.91. The van der Waals surface area contributed by atoms with Crippen LogP contribution < -0.4 is 0 Å².